The summed E-state index contributed by atoms with van der Waals surface area (Å²) in [6.07, 6.45) is 5.69. The van der Waals surface area contributed by atoms with Gasteiger partial charge in [0, 0.05) is 43.3 Å². The number of allylic oxidation sites excluding steroid dienone is 2. The average Bonchev–Trinajstić information content (AvgIpc) is 3.24. The van der Waals surface area contributed by atoms with Crippen LogP contribution in [0.4, 0.5) is 0 Å². The van der Waals surface area contributed by atoms with Gasteiger partial charge in [0.1, 0.15) is 11.2 Å². The second kappa shape index (κ2) is 5.47. The Morgan fingerprint density at radius 2 is 2.11 bits per heavy atom. The first-order chi connectivity index (χ1) is 13.0. The zero-order valence-electron chi connectivity index (χ0n) is 14.9. The summed E-state index contributed by atoms with van der Waals surface area (Å²) in [5.74, 6) is 0.0516. The SMILES string of the molecule is CCS(=O)(=O)N1CC(CC#N)(n2nc3c(n2)-c2ccnc4c2C(=CC4)C3)C1. The van der Waals surface area contributed by atoms with Crippen molar-refractivity contribution in [1.82, 2.24) is 24.3 Å². The van der Waals surface area contributed by atoms with Crippen LogP contribution in [-0.2, 0) is 28.4 Å². The molecule has 1 saturated heterocycles. The quantitative estimate of drug-likeness (QED) is 0.784. The Kier molecular flexibility index (Phi) is 3.36. The Bertz CT molecular complexity index is 1140. The number of rotatable bonds is 4. The highest BCUT2D eigenvalue weighted by atomic mass is 32.2. The number of nitrogens with zero attached hydrogens (tertiary/aromatic N) is 6. The second-order valence-electron chi connectivity index (χ2n) is 7.30. The minimum atomic E-state index is -3.28. The molecule has 3 aliphatic rings. The van der Waals surface area contributed by atoms with E-state index in [4.69, 9.17) is 10.2 Å². The van der Waals surface area contributed by atoms with E-state index in [-0.39, 0.29) is 25.3 Å². The van der Waals surface area contributed by atoms with Gasteiger partial charge in [-0.2, -0.15) is 24.6 Å². The van der Waals surface area contributed by atoms with Crippen LogP contribution in [-0.4, -0.2) is 51.5 Å². The van der Waals surface area contributed by atoms with E-state index in [1.165, 1.54) is 9.88 Å². The molecule has 5 rings (SSSR count). The van der Waals surface area contributed by atoms with Gasteiger partial charge >= 0.3 is 0 Å². The van der Waals surface area contributed by atoms with Crippen LogP contribution in [0.5, 0.6) is 0 Å². The molecule has 0 N–H and O–H groups in total. The number of nitriles is 1. The Morgan fingerprint density at radius 3 is 2.85 bits per heavy atom. The van der Waals surface area contributed by atoms with Crippen molar-refractivity contribution in [2.75, 3.05) is 18.8 Å². The molecule has 0 bridgehead atoms. The van der Waals surface area contributed by atoms with Gasteiger partial charge in [0.2, 0.25) is 10.0 Å². The van der Waals surface area contributed by atoms with E-state index in [0.717, 1.165) is 34.6 Å². The highest BCUT2D eigenvalue weighted by molar-refractivity contribution is 7.89. The zero-order chi connectivity index (χ0) is 18.8. The van der Waals surface area contributed by atoms with Crippen molar-refractivity contribution in [3.8, 4) is 17.3 Å². The van der Waals surface area contributed by atoms with Crippen molar-refractivity contribution in [3.63, 3.8) is 0 Å². The lowest BCUT2D eigenvalue weighted by atomic mass is 9.90. The molecule has 27 heavy (non-hydrogen) atoms. The molecular weight excluding hydrogens is 364 g/mol. The lowest BCUT2D eigenvalue weighted by molar-refractivity contribution is 0.0572. The van der Waals surface area contributed by atoms with E-state index in [0.29, 0.717) is 6.42 Å². The van der Waals surface area contributed by atoms with E-state index in [1.54, 1.807) is 17.9 Å². The van der Waals surface area contributed by atoms with Crippen molar-refractivity contribution in [1.29, 1.82) is 5.26 Å². The number of sulfonamides is 1. The number of aromatic nitrogens is 4. The zero-order valence-corrected chi connectivity index (χ0v) is 15.7. The van der Waals surface area contributed by atoms with Gasteiger partial charge in [-0.05, 0) is 18.6 Å². The fraction of sp³-hybridized carbons (Fsp3) is 0.444. The average molecular weight is 382 g/mol. The van der Waals surface area contributed by atoms with Crippen LogP contribution in [0.2, 0.25) is 0 Å². The molecule has 3 heterocycles. The Labute approximate surface area is 157 Å². The van der Waals surface area contributed by atoms with Crippen LogP contribution in [0.15, 0.2) is 18.3 Å². The van der Waals surface area contributed by atoms with Gasteiger partial charge in [0.05, 0.1) is 29.6 Å². The molecule has 2 aliphatic carbocycles. The summed E-state index contributed by atoms with van der Waals surface area (Å²) in [4.78, 5) is 6.05. The van der Waals surface area contributed by atoms with Gasteiger partial charge in [0.25, 0.3) is 0 Å². The molecule has 0 saturated carbocycles. The molecule has 9 heteroatoms. The molecule has 0 amide bonds. The monoisotopic (exact) mass is 382 g/mol. The normalized spacial score (nSPS) is 19.6. The van der Waals surface area contributed by atoms with Crippen molar-refractivity contribution in [2.45, 2.75) is 31.7 Å². The maximum Gasteiger partial charge on any atom is 0.213 e. The van der Waals surface area contributed by atoms with Gasteiger partial charge < -0.3 is 0 Å². The summed E-state index contributed by atoms with van der Waals surface area (Å²) >= 11 is 0. The molecule has 8 nitrogen and oxygen atoms in total. The highest BCUT2D eigenvalue weighted by Gasteiger charge is 2.51. The molecule has 0 radical (unpaired) electrons. The molecule has 0 unspecified atom stereocenters. The number of hydrogen-bond donors (Lipinski definition) is 0. The Balaban J connectivity index is 1.56. The third-order valence-corrected chi connectivity index (χ3v) is 7.50. The molecule has 1 aliphatic heterocycles. The summed E-state index contributed by atoms with van der Waals surface area (Å²) < 4.78 is 25.7. The second-order valence-corrected chi connectivity index (χ2v) is 9.56. The Morgan fingerprint density at radius 1 is 1.30 bits per heavy atom. The molecule has 0 atom stereocenters. The summed E-state index contributed by atoms with van der Waals surface area (Å²) in [7, 11) is -3.28. The van der Waals surface area contributed by atoms with Gasteiger partial charge in [-0.25, -0.2) is 8.42 Å². The molecule has 138 valence electrons. The summed E-state index contributed by atoms with van der Waals surface area (Å²) in [5.41, 5.74) is 5.49. The number of pyridine rings is 1. The standard InChI is InChI=1S/C18H18N6O2S/c1-2-27(25,26)23-10-18(11-23,6-7-19)24-21-15-9-12-3-4-14-16(12)13(5-8-20-14)17(15)22-24/h3,5,8H,2,4,6,9-11H2,1H3. The lowest BCUT2D eigenvalue weighted by Gasteiger charge is -2.46. The number of fused-ring (bicyclic) bond motifs is 2. The van der Waals surface area contributed by atoms with Crippen LogP contribution < -0.4 is 0 Å². The van der Waals surface area contributed by atoms with E-state index < -0.39 is 15.6 Å². The minimum Gasteiger partial charge on any atom is -0.260 e. The van der Waals surface area contributed by atoms with E-state index >= 15 is 0 Å². The van der Waals surface area contributed by atoms with E-state index in [1.807, 2.05) is 6.07 Å². The van der Waals surface area contributed by atoms with Crippen molar-refractivity contribution >= 4 is 15.6 Å². The molecular formula is C18H18N6O2S. The van der Waals surface area contributed by atoms with Crippen molar-refractivity contribution in [3.05, 3.63) is 35.3 Å². The van der Waals surface area contributed by atoms with Gasteiger partial charge in [-0.3, -0.25) is 4.98 Å². The number of hydrogen-bond acceptors (Lipinski definition) is 6. The summed E-state index contributed by atoms with van der Waals surface area (Å²) in [6, 6.07) is 4.14. The largest absolute Gasteiger partial charge is 0.260 e. The van der Waals surface area contributed by atoms with Crippen LogP contribution in [0.25, 0.3) is 16.8 Å². The topological polar surface area (TPSA) is 105 Å². The predicted octanol–water partition coefficient (Wildman–Crippen LogP) is 1.11. The van der Waals surface area contributed by atoms with Crippen molar-refractivity contribution < 1.29 is 8.42 Å². The smallest absolute Gasteiger partial charge is 0.213 e. The van der Waals surface area contributed by atoms with E-state index in [2.05, 4.69) is 17.1 Å². The molecule has 2 aromatic heterocycles. The van der Waals surface area contributed by atoms with Crippen LogP contribution in [0.3, 0.4) is 0 Å². The molecule has 2 aromatic rings. The fourth-order valence-electron chi connectivity index (χ4n) is 4.20. The van der Waals surface area contributed by atoms with Crippen LogP contribution >= 0.6 is 0 Å². The molecule has 0 aromatic carbocycles. The first kappa shape index (κ1) is 16.6. The lowest BCUT2D eigenvalue weighted by Crippen LogP contribution is -2.64. The van der Waals surface area contributed by atoms with Gasteiger partial charge in [-0.15, -0.1) is 0 Å². The minimum absolute atomic E-state index is 0.0516. The fourth-order valence-corrected chi connectivity index (χ4v) is 5.44. The maximum absolute atomic E-state index is 12.1. The van der Waals surface area contributed by atoms with Gasteiger partial charge in [-0.1, -0.05) is 6.08 Å². The summed E-state index contributed by atoms with van der Waals surface area (Å²) in [6.45, 7) is 2.10. The van der Waals surface area contributed by atoms with Crippen molar-refractivity contribution in [2.24, 2.45) is 0 Å². The van der Waals surface area contributed by atoms with Gasteiger partial charge in [0.15, 0.2) is 0 Å². The molecule has 0 spiro atoms. The third-order valence-electron chi connectivity index (χ3n) is 5.72. The Hall–Kier alpha value is -2.57. The van der Waals surface area contributed by atoms with Crippen LogP contribution in [0, 0.1) is 11.3 Å². The molecule has 1 fully saturated rings. The van der Waals surface area contributed by atoms with E-state index in [9.17, 15) is 13.7 Å². The third kappa shape index (κ3) is 2.23. The highest BCUT2D eigenvalue weighted by Crippen LogP contribution is 2.43. The van der Waals surface area contributed by atoms with Crippen LogP contribution in [0.1, 0.15) is 30.3 Å². The summed E-state index contributed by atoms with van der Waals surface area (Å²) in [5, 5.41) is 18.7. The maximum atomic E-state index is 12.1. The first-order valence-electron chi connectivity index (χ1n) is 8.96. The first-order valence-corrected chi connectivity index (χ1v) is 10.6. The predicted molar refractivity (Wildman–Crippen MR) is 97.9 cm³/mol.